The van der Waals surface area contributed by atoms with E-state index >= 15 is 0 Å². The molecule has 0 aliphatic rings. The van der Waals surface area contributed by atoms with Gasteiger partial charge in [-0.1, -0.05) is 29.8 Å². The van der Waals surface area contributed by atoms with Gasteiger partial charge in [0.15, 0.2) is 0 Å². The highest BCUT2D eigenvalue weighted by Crippen LogP contribution is 2.09. The molecule has 1 rings (SSSR count). The van der Waals surface area contributed by atoms with Crippen LogP contribution >= 0.6 is 15.9 Å². The molecule has 0 radical (unpaired) electrons. The summed E-state index contributed by atoms with van der Waals surface area (Å²) in [6.07, 6.45) is 0. The van der Waals surface area contributed by atoms with E-state index in [4.69, 9.17) is 0 Å². The lowest BCUT2D eigenvalue weighted by molar-refractivity contribution is 0.454. The first-order valence-electron chi connectivity index (χ1n) is 5.28. The molecule has 0 heterocycles. The number of nitrogens with zero attached hydrogens (tertiary/aromatic N) is 1. The van der Waals surface area contributed by atoms with E-state index in [0.717, 1.165) is 4.47 Å². The Morgan fingerprint density at radius 3 is 2.18 bits per heavy atom. The maximum absolute atomic E-state index is 11.8. The largest absolute Gasteiger partial charge is 0.283 e. The van der Waals surface area contributed by atoms with Gasteiger partial charge < -0.3 is 0 Å². The number of sulfonamides is 1. The van der Waals surface area contributed by atoms with E-state index in [-0.39, 0.29) is 0 Å². The smallest absolute Gasteiger partial charge is 0.198 e. The van der Waals surface area contributed by atoms with E-state index < -0.39 is 10.0 Å². The number of hydrogen-bond acceptors (Lipinski definition) is 2. The van der Waals surface area contributed by atoms with E-state index in [1.807, 2.05) is 12.1 Å². The molecule has 0 aliphatic heterocycles. The van der Waals surface area contributed by atoms with E-state index in [1.165, 1.54) is 4.31 Å². The molecule has 92 valence electrons. The molecule has 1 aromatic carbocycles. The lowest BCUT2D eigenvalue weighted by Gasteiger charge is -2.13. The zero-order chi connectivity index (χ0) is 12.9. The summed E-state index contributed by atoms with van der Waals surface area (Å²) in [5, 5.41) is 2.33. The molecule has 0 aliphatic carbocycles. The number of halogens is 1. The van der Waals surface area contributed by atoms with Crippen molar-refractivity contribution >= 4 is 26.0 Å². The lowest BCUT2D eigenvalue weighted by Crippen LogP contribution is -2.29. The highest BCUT2D eigenvalue weighted by molar-refractivity contribution is 9.10. The molecule has 1 aromatic rings. The molecular weight excluding hydrogens is 302 g/mol. The summed E-state index contributed by atoms with van der Waals surface area (Å²) < 4.78 is 25.8. The third-order valence-corrected chi connectivity index (χ3v) is 4.30. The van der Waals surface area contributed by atoms with Crippen molar-refractivity contribution in [1.82, 2.24) is 4.31 Å². The maximum atomic E-state index is 11.8. The van der Waals surface area contributed by atoms with Gasteiger partial charge in [-0.2, -0.15) is 12.7 Å². The van der Waals surface area contributed by atoms with Gasteiger partial charge >= 0.3 is 0 Å². The molecule has 0 saturated carbocycles. The summed E-state index contributed by atoms with van der Waals surface area (Å²) >= 11 is 3.31. The van der Waals surface area contributed by atoms with Crippen LogP contribution in [0.5, 0.6) is 0 Å². The van der Waals surface area contributed by atoms with Crippen molar-refractivity contribution in [1.29, 1.82) is 0 Å². The van der Waals surface area contributed by atoms with E-state index in [9.17, 15) is 8.42 Å². The van der Waals surface area contributed by atoms with Crippen molar-refractivity contribution in [2.45, 2.75) is 13.8 Å². The van der Waals surface area contributed by atoms with Crippen LogP contribution in [0.4, 0.5) is 0 Å². The summed E-state index contributed by atoms with van der Waals surface area (Å²) in [4.78, 5) is 0. The Hall–Kier alpha value is -0.830. The number of benzene rings is 1. The molecule has 0 spiro atoms. The van der Waals surface area contributed by atoms with Gasteiger partial charge in [0.2, 0.25) is 0 Å². The van der Waals surface area contributed by atoms with Crippen LogP contribution < -0.4 is 0 Å². The molecule has 0 bridgehead atoms. The van der Waals surface area contributed by atoms with Crippen molar-refractivity contribution in [3.63, 3.8) is 0 Å². The van der Waals surface area contributed by atoms with Gasteiger partial charge in [-0.3, -0.25) is 0 Å². The van der Waals surface area contributed by atoms with Crippen LogP contribution in [0.2, 0.25) is 0 Å². The predicted octanol–water partition coefficient (Wildman–Crippen LogP) is 2.43. The second kappa shape index (κ2) is 6.20. The van der Waals surface area contributed by atoms with Crippen molar-refractivity contribution in [2.24, 2.45) is 0 Å². The minimum Gasteiger partial charge on any atom is -0.198 e. The van der Waals surface area contributed by atoms with Gasteiger partial charge in [0.05, 0.1) is 0 Å². The normalized spacial score (nSPS) is 11.1. The molecule has 0 aromatic heterocycles. The Balaban J connectivity index is 2.95. The lowest BCUT2D eigenvalue weighted by atomic mass is 10.2. The molecule has 0 fully saturated rings. The Labute approximate surface area is 111 Å². The molecule has 5 heteroatoms. The molecule has 0 N–H and O–H groups in total. The van der Waals surface area contributed by atoms with Crippen LogP contribution in [0.15, 0.2) is 28.7 Å². The van der Waals surface area contributed by atoms with Gasteiger partial charge in [0.1, 0.15) is 0 Å². The molecule has 17 heavy (non-hydrogen) atoms. The zero-order valence-corrected chi connectivity index (χ0v) is 12.2. The second-order valence-corrected chi connectivity index (χ2v) is 5.91. The molecular formula is C12H14BrNO2S. The highest BCUT2D eigenvalue weighted by Gasteiger charge is 2.14. The quantitative estimate of drug-likeness (QED) is 0.803. The van der Waals surface area contributed by atoms with Crippen LogP contribution in [0.25, 0.3) is 0 Å². The first-order chi connectivity index (χ1) is 7.99. The van der Waals surface area contributed by atoms with Gasteiger partial charge in [0, 0.05) is 28.4 Å². The minimum absolute atomic E-state index is 0.438. The number of rotatable bonds is 3. The second-order valence-electron chi connectivity index (χ2n) is 3.32. The Bertz CT molecular complexity index is 522. The topological polar surface area (TPSA) is 37.4 Å². The fourth-order valence-corrected chi connectivity index (χ4v) is 2.60. The van der Waals surface area contributed by atoms with E-state index in [0.29, 0.717) is 18.7 Å². The van der Waals surface area contributed by atoms with E-state index in [1.54, 1.807) is 26.0 Å². The highest BCUT2D eigenvalue weighted by atomic mass is 79.9. The maximum Gasteiger partial charge on any atom is 0.283 e. The van der Waals surface area contributed by atoms with Gasteiger partial charge in [-0.15, -0.1) is 0 Å². The summed E-state index contributed by atoms with van der Waals surface area (Å²) in [6.45, 7) is 4.46. The molecule has 0 amide bonds. The summed E-state index contributed by atoms with van der Waals surface area (Å²) in [5.74, 6) is 2.66. The standard InChI is InChI=1S/C12H14BrNO2S/c1-3-14(4-2)17(15,16)10-9-11-5-7-12(13)8-6-11/h5-8H,3-4H2,1-2H3. The van der Waals surface area contributed by atoms with Gasteiger partial charge in [-0.25, -0.2) is 0 Å². The average Bonchev–Trinajstić information content (AvgIpc) is 2.29. The SMILES string of the molecule is CCN(CC)S(=O)(=O)C#Cc1ccc(Br)cc1. The van der Waals surface area contributed by atoms with Crippen molar-refractivity contribution in [3.8, 4) is 11.2 Å². The molecule has 0 atom stereocenters. The van der Waals surface area contributed by atoms with Crippen LogP contribution in [0.1, 0.15) is 19.4 Å². The van der Waals surface area contributed by atoms with Crippen LogP contribution in [0.3, 0.4) is 0 Å². The van der Waals surface area contributed by atoms with Crippen molar-refractivity contribution < 1.29 is 8.42 Å². The van der Waals surface area contributed by atoms with Gasteiger partial charge in [-0.05, 0) is 30.2 Å². The van der Waals surface area contributed by atoms with Crippen LogP contribution in [-0.2, 0) is 10.0 Å². The van der Waals surface area contributed by atoms with E-state index in [2.05, 4.69) is 27.1 Å². The Morgan fingerprint density at radius 2 is 1.71 bits per heavy atom. The van der Waals surface area contributed by atoms with Gasteiger partial charge in [0.25, 0.3) is 10.0 Å². The van der Waals surface area contributed by atoms with Crippen molar-refractivity contribution in [3.05, 3.63) is 34.3 Å². The molecule has 3 nitrogen and oxygen atoms in total. The van der Waals surface area contributed by atoms with Crippen LogP contribution in [0, 0.1) is 11.2 Å². The first kappa shape index (κ1) is 14.2. The van der Waals surface area contributed by atoms with Crippen molar-refractivity contribution in [2.75, 3.05) is 13.1 Å². The Morgan fingerprint density at radius 1 is 1.18 bits per heavy atom. The monoisotopic (exact) mass is 315 g/mol. The third kappa shape index (κ3) is 4.15. The van der Waals surface area contributed by atoms with Crippen LogP contribution in [-0.4, -0.2) is 25.8 Å². The zero-order valence-electron chi connectivity index (χ0n) is 9.77. The summed E-state index contributed by atoms with van der Waals surface area (Å²) in [6, 6.07) is 7.20. The summed E-state index contributed by atoms with van der Waals surface area (Å²) in [5.41, 5.74) is 0.684. The first-order valence-corrected chi connectivity index (χ1v) is 7.51. The summed E-state index contributed by atoms with van der Waals surface area (Å²) in [7, 11) is -3.47. The minimum atomic E-state index is -3.47. The molecule has 0 saturated heterocycles. The third-order valence-electron chi connectivity index (χ3n) is 2.21. The Kier molecular flexibility index (Phi) is 5.19. The predicted molar refractivity (Wildman–Crippen MR) is 72.9 cm³/mol. The fraction of sp³-hybridized carbons (Fsp3) is 0.333. The molecule has 0 unspecified atom stereocenters. The average molecular weight is 316 g/mol. The number of hydrogen-bond donors (Lipinski definition) is 0. The fourth-order valence-electron chi connectivity index (χ4n) is 1.28.